The van der Waals surface area contributed by atoms with Gasteiger partial charge < -0.3 is 15.3 Å². The van der Waals surface area contributed by atoms with Crippen LogP contribution in [0.2, 0.25) is 0 Å². The van der Waals surface area contributed by atoms with Gasteiger partial charge in [0.2, 0.25) is 6.10 Å². The standard InChI is InChI=1S/C11H8F2N2O4/c12-5-1-2-7(6(13)3-5)14-10(16)9-4-8(11(17)18)15-19-9/h1-3,9H,4H2,(H,14,16)(H,17,18). The zero-order chi connectivity index (χ0) is 14.0. The molecule has 1 aliphatic rings. The second kappa shape index (κ2) is 5.01. The van der Waals surface area contributed by atoms with Gasteiger partial charge in [0.25, 0.3) is 5.91 Å². The molecule has 8 heteroatoms. The summed E-state index contributed by atoms with van der Waals surface area (Å²) in [5.41, 5.74) is -0.515. The van der Waals surface area contributed by atoms with Gasteiger partial charge in [-0.05, 0) is 12.1 Å². The molecule has 0 aromatic heterocycles. The molecular formula is C11H8F2N2O4. The van der Waals surface area contributed by atoms with Crippen LogP contribution >= 0.6 is 0 Å². The fourth-order valence-corrected chi connectivity index (χ4v) is 1.45. The number of benzene rings is 1. The largest absolute Gasteiger partial charge is 0.477 e. The Bertz CT molecular complexity index is 574. The van der Waals surface area contributed by atoms with Crippen molar-refractivity contribution < 1.29 is 28.3 Å². The second-order valence-electron chi connectivity index (χ2n) is 3.75. The summed E-state index contributed by atoms with van der Waals surface area (Å²) < 4.78 is 25.9. The summed E-state index contributed by atoms with van der Waals surface area (Å²) in [5.74, 6) is -3.76. The Morgan fingerprint density at radius 1 is 1.42 bits per heavy atom. The van der Waals surface area contributed by atoms with Crippen molar-refractivity contribution in [2.75, 3.05) is 5.32 Å². The first-order valence-corrected chi connectivity index (χ1v) is 5.19. The summed E-state index contributed by atoms with van der Waals surface area (Å²) in [4.78, 5) is 26.9. The number of anilines is 1. The molecule has 1 aliphatic heterocycles. The highest BCUT2D eigenvalue weighted by Crippen LogP contribution is 2.18. The lowest BCUT2D eigenvalue weighted by atomic mass is 10.1. The van der Waals surface area contributed by atoms with Gasteiger partial charge in [-0.25, -0.2) is 13.6 Å². The average molecular weight is 270 g/mol. The lowest BCUT2D eigenvalue weighted by Gasteiger charge is -2.09. The summed E-state index contributed by atoms with van der Waals surface area (Å²) in [7, 11) is 0. The van der Waals surface area contributed by atoms with Crippen molar-refractivity contribution in [1.82, 2.24) is 0 Å². The highest BCUT2D eigenvalue weighted by molar-refractivity contribution is 6.36. The molecule has 6 nitrogen and oxygen atoms in total. The summed E-state index contributed by atoms with van der Waals surface area (Å²) in [6.45, 7) is 0. The Morgan fingerprint density at radius 2 is 2.16 bits per heavy atom. The highest BCUT2D eigenvalue weighted by Gasteiger charge is 2.31. The van der Waals surface area contributed by atoms with E-state index in [1.807, 2.05) is 0 Å². The molecular weight excluding hydrogens is 262 g/mol. The Labute approximate surface area is 105 Å². The predicted molar refractivity (Wildman–Crippen MR) is 59.5 cm³/mol. The van der Waals surface area contributed by atoms with E-state index >= 15 is 0 Å². The van der Waals surface area contributed by atoms with Crippen molar-refractivity contribution in [2.24, 2.45) is 5.16 Å². The van der Waals surface area contributed by atoms with Crippen LogP contribution in [-0.2, 0) is 14.4 Å². The SMILES string of the molecule is O=C(O)C1=NOC(C(=O)Nc2ccc(F)cc2F)C1. The lowest BCUT2D eigenvalue weighted by Crippen LogP contribution is -2.29. The molecule has 1 aromatic rings. The third-order valence-corrected chi connectivity index (χ3v) is 2.40. The summed E-state index contributed by atoms with van der Waals surface area (Å²) in [6.07, 6.45) is -1.36. The number of amides is 1. The summed E-state index contributed by atoms with van der Waals surface area (Å²) in [6, 6.07) is 2.65. The number of carbonyl (C=O) groups excluding carboxylic acids is 1. The van der Waals surface area contributed by atoms with Gasteiger partial charge in [-0.3, -0.25) is 4.79 Å². The van der Waals surface area contributed by atoms with Gasteiger partial charge in [-0.15, -0.1) is 0 Å². The molecule has 0 fully saturated rings. The Morgan fingerprint density at radius 3 is 2.74 bits per heavy atom. The van der Waals surface area contributed by atoms with Crippen LogP contribution in [0.3, 0.4) is 0 Å². The minimum Gasteiger partial charge on any atom is -0.477 e. The van der Waals surface area contributed by atoms with Crippen molar-refractivity contribution in [3.8, 4) is 0 Å². The second-order valence-corrected chi connectivity index (χ2v) is 3.75. The maximum absolute atomic E-state index is 13.3. The first-order valence-electron chi connectivity index (χ1n) is 5.19. The fourth-order valence-electron chi connectivity index (χ4n) is 1.45. The van der Waals surface area contributed by atoms with E-state index in [2.05, 4.69) is 15.3 Å². The van der Waals surface area contributed by atoms with Crippen LogP contribution in [0.5, 0.6) is 0 Å². The summed E-state index contributed by atoms with van der Waals surface area (Å²) in [5, 5.41) is 14.0. The number of nitrogens with zero attached hydrogens (tertiary/aromatic N) is 1. The first-order chi connectivity index (χ1) is 8.97. The lowest BCUT2D eigenvalue weighted by molar-refractivity contribution is -0.129. The minimum atomic E-state index is -1.29. The van der Waals surface area contributed by atoms with E-state index in [1.165, 1.54) is 0 Å². The number of carboxylic acids is 1. The molecule has 1 aromatic carbocycles. The monoisotopic (exact) mass is 270 g/mol. The van der Waals surface area contributed by atoms with Gasteiger partial charge in [0.1, 0.15) is 11.6 Å². The van der Waals surface area contributed by atoms with Crippen LogP contribution in [0.4, 0.5) is 14.5 Å². The maximum Gasteiger partial charge on any atom is 0.353 e. The highest BCUT2D eigenvalue weighted by atomic mass is 19.1. The topological polar surface area (TPSA) is 88.0 Å². The third kappa shape index (κ3) is 2.84. The third-order valence-electron chi connectivity index (χ3n) is 2.40. The molecule has 1 amide bonds. The molecule has 2 N–H and O–H groups in total. The molecule has 1 unspecified atom stereocenters. The minimum absolute atomic E-state index is 0.218. The normalized spacial score (nSPS) is 17.6. The molecule has 0 aliphatic carbocycles. The van der Waals surface area contributed by atoms with Gasteiger partial charge in [0.05, 0.1) is 5.69 Å². The molecule has 1 atom stereocenters. The number of carbonyl (C=O) groups is 2. The number of hydrogen-bond donors (Lipinski definition) is 2. The number of oxime groups is 1. The number of aliphatic carboxylic acids is 1. The molecule has 0 radical (unpaired) electrons. The zero-order valence-corrected chi connectivity index (χ0v) is 9.39. The van der Waals surface area contributed by atoms with Crippen molar-refractivity contribution in [3.63, 3.8) is 0 Å². The van der Waals surface area contributed by atoms with Crippen molar-refractivity contribution in [1.29, 1.82) is 0 Å². The molecule has 0 saturated carbocycles. The van der Waals surface area contributed by atoms with E-state index in [9.17, 15) is 18.4 Å². The van der Waals surface area contributed by atoms with Gasteiger partial charge in [-0.2, -0.15) is 0 Å². The molecule has 2 rings (SSSR count). The van der Waals surface area contributed by atoms with Gasteiger partial charge in [-0.1, -0.05) is 5.16 Å². The number of halogens is 2. The van der Waals surface area contributed by atoms with E-state index in [0.29, 0.717) is 6.07 Å². The van der Waals surface area contributed by atoms with Crippen LogP contribution in [0.1, 0.15) is 6.42 Å². The van der Waals surface area contributed by atoms with Crippen LogP contribution in [0.15, 0.2) is 23.4 Å². The Kier molecular flexibility index (Phi) is 3.41. The van der Waals surface area contributed by atoms with E-state index < -0.39 is 29.6 Å². The van der Waals surface area contributed by atoms with Crippen LogP contribution in [-0.4, -0.2) is 28.8 Å². The van der Waals surface area contributed by atoms with Crippen molar-refractivity contribution in [2.45, 2.75) is 12.5 Å². The average Bonchev–Trinajstić information content (AvgIpc) is 2.82. The predicted octanol–water partition coefficient (Wildman–Crippen LogP) is 1.13. The van der Waals surface area contributed by atoms with Crippen LogP contribution in [0, 0.1) is 11.6 Å². The number of nitrogens with one attached hydrogen (secondary N) is 1. The quantitative estimate of drug-likeness (QED) is 0.861. The van der Waals surface area contributed by atoms with E-state index in [0.717, 1.165) is 12.1 Å². The number of rotatable bonds is 3. The first kappa shape index (κ1) is 12.9. The van der Waals surface area contributed by atoms with E-state index in [-0.39, 0.29) is 17.8 Å². The van der Waals surface area contributed by atoms with Crippen LogP contribution < -0.4 is 5.32 Å². The van der Waals surface area contributed by atoms with Crippen molar-refractivity contribution >= 4 is 23.3 Å². The number of carboxylic acid groups (broad SMARTS) is 1. The molecule has 0 saturated heterocycles. The van der Waals surface area contributed by atoms with Crippen molar-refractivity contribution in [3.05, 3.63) is 29.8 Å². The van der Waals surface area contributed by atoms with Crippen LogP contribution in [0.25, 0.3) is 0 Å². The smallest absolute Gasteiger partial charge is 0.353 e. The molecule has 0 bridgehead atoms. The molecule has 1 heterocycles. The maximum atomic E-state index is 13.3. The number of hydrogen-bond acceptors (Lipinski definition) is 4. The van der Waals surface area contributed by atoms with Gasteiger partial charge in [0, 0.05) is 12.5 Å². The fraction of sp³-hybridized carbons (Fsp3) is 0.182. The molecule has 100 valence electrons. The molecule has 19 heavy (non-hydrogen) atoms. The van der Waals surface area contributed by atoms with E-state index in [1.54, 1.807) is 0 Å². The van der Waals surface area contributed by atoms with E-state index in [4.69, 9.17) is 5.11 Å². The summed E-state index contributed by atoms with van der Waals surface area (Å²) >= 11 is 0. The Hall–Kier alpha value is -2.51. The van der Waals surface area contributed by atoms with Gasteiger partial charge in [0.15, 0.2) is 5.71 Å². The molecule has 0 spiro atoms. The zero-order valence-electron chi connectivity index (χ0n) is 9.39. The van der Waals surface area contributed by atoms with Gasteiger partial charge >= 0.3 is 5.97 Å². The Balaban J connectivity index is 2.01.